The lowest BCUT2D eigenvalue weighted by atomic mass is 10.2. The van der Waals surface area contributed by atoms with E-state index in [-0.39, 0.29) is 6.61 Å². The highest BCUT2D eigenvalue weighted by Crippen LogP contribution is 2.27. The van der Waals surface area contributed by atoms with Crippen LogP contribution >= 0.6 is 22.6 Å². The van der Waals surface area contributed by atoms with Gasteiger partial charge in [-0.25, -0.2) is 0 Å². The van der Waals surface area contributed by atoms with Crippen LogP contribution in [0.1, 0.15) is 19.3 Å². The van der Waals surface area contributed by atoms with E-state index in [0.717, 1.165) is 0 Å². The molecule has 0 saturated carbocycles. The summed E-state index contributed by atoms with van der Waals surface area (Å²) in [6.07, 6.45) is -3.95. The molecule has 0 fully saturated rings. The maximum Gasteiger partial charge on any atom is 0.390 e. The Kier molecular flexibility index (Phi) is 5.41. The average Bonchev–Trinajstić information content (AvgIpc) is 1.79. The smallest absolute Gasteiger partial charge is 0.390 e. The molecule has 0 bridgehead atoms. The molecule has 0 spiro atoms. The van der Waals surface area contributed by atoms with E-state index in [1.54, 1.807) is 22.6 Å². The molecule has 0 aromatic carbocycles. The lowest BCUT2D eigenvalue weighted by Gasteiger charge is -2.11. The minimum absolute atomic E-state index is 0.0304. The summed E-state index contributed by atoms with van der Waals surface area (Å²) in [6.45, 7) is -0.0304. The first-order chi connectivity index (χ1) is 4.95. The van der Waals surface area contributed by atoms with E-state index in [1.165, 1.54) is 0 Å². The van der Waals surface area contributed by atoms with E-state index >= 15 is 0 Å². The van der Waals surface area contributed by atoms with Crippen LogP contribution in [0.5, 0.6) is 0 Å². The molecule has 0 aromatic heterocycles. The predicted molar refractivity (Wildman–Crippen MR) is 44.8 cm³/mol. The molecule has 0 aliphatic rings. The molecular weight excluding hydrogens is 272 g/mol. The van der Waals surface area contributed by atoms with Crippen molar-refractivity contribution in [3.63, 3.8) is 0 Å². The molecule has 0 aromatic rings. The van der Waals surface area contributed by atoms with Crippen molar-refractivity contribution >= 4 is 22.6 Å². The average molecular weight is 282 g/mol. The van der Waals surface area contributed by atoms with Gasteiger partial charge in [-0.05, 0) is 12.8 Å². The number of hydrogen-bond donors (Lipinski definition) is 1. The normalized spacial score (nSPS) is 15.0. The van der Waals surface area contributed by atoms with Crippen LogP contribution in [0.3, 0.4) is 0 Å². The van der Waals surface area contributed by atoms with Crippen molar-refractivity contribution in [2.24, 2.45) is 0 Å². The molecule has 1 atom stereocenters. The first-order valence-corrected chi connectivity index (χ1v) is 4.52. The molecule has 1 nitrogen and oxygen atoms in total. The van der Waals surface area contributed by atoms with Gasteiger partial charge < -0.3 is 5.11 Å². The molecule has 5 heteroatoms. The first-order valence-electron chi connectivity index (χ1n) is 3.27. The van der Waals surface area contributed by atoms with Crippen LogP contribution in [0.15, 0.2) is 0 Å². The van der Waals surface area contributed by atoms with Crippen molar-refractivity contribution < 1.29 is 18.3 Å². The van der Waals surface area contributed by atoms with Gasteiger partial charge in [0, 0.05) is 10.5 Å². The van der Waals surface area contributed by atoms with Crippen LogP contribution < -0.4 is 0 Å². The SMILES string of the molecule is OCCCC(I)CC(F)(F)F. The summed E-state index contributed by atoms with van der Waals surface area (Å²) in [5.41, 5.74) is 0. The summed E-state index contributed by atoms with van der Waals surface area (Å²) in [7, 11) is 0. The molecule has 0 rings (SSSR count). The Balaban J connectivity index is 3.44. The molecule has 1 unspecified atom stereocenters. The topological polar surface area (TPSA) is 20.2 Å². The monoisotopic (exact) mass is 282 g/mol. The highest BCUT2D eigenvalue weighted by molar-refractivity contribution is 14.1. The Labute approximate surface area is 77.1 Å². The summed E-state index contributed by atoms with van der Waals surface area (Å²) < 4.78 is 34.6. The van der Waals surface area contributed by atoms with Crippen molar-refractivity contribution in [2.75, 3.05) is 6.61 Å². The highest BCUT2D eigenvalue weighted by atomic mass is 127. The molecule has 0 saturated heterocycles. The van der Waals surface area contributed by atoms with Crippen molar-refractivity contribution in [2.45, 2.75) is 29.4 Å². The third-order valence-corrected chi connectivity index (χ3v) is 2.19. The van der Waals surface area contributed by atoms with Gasteiger partial charge in [-0.3, -0.25) is 0 Å². The first kappa shape index (κ1) is 11.5. The fraction of sp³-hybridized carbons (Fsp3) is 1.00. The molecule has 0 heterocycles. The Morgan fingerprint density at radius 1 is 1.36 bits per heavy atom. The predicted octanol–water partition coefficient (Wildman–Crippen LogP) is 2.51. The largest absolute Gasteiger partial charge is 0.396 e. The van der Waals surface area contributed by atoms with Crippen LogP contribution in [0, 0.1) is 0 Å². The molecule has 68 valence electrons. The van der Waals surface area contributed by atoms with E-state index in [2.05, 4.69) is 0 Å². The lowest BCUT2D eigenvalue weighted by Crippen LogP contribution is -2.14. The van der Waals surface area contributed by atoms with Crippen molar-refractivity contribution in [1.29, 1.82) is 0 Å². The fourth-order valence-electron chi connectivity index (χ4n) is 0.666. The second-order valence-electron chi connectivity index (χ2n) is 2.28. The second kappa shape index (κ2) is 5.18. The van der Waals surface area contributed by atoms with Crippen LogP contribution in [0.4, 0.5) is 13.2 Å². The van der Waals surface area contributed by atoms with Gasteiger partial charge in [-0.15, -0.1) is 0 Å². The van der Waals surface area contributed by atoms with Gasteiger partial charge in [0.2, 0.25) is 0 Å². The van der Waals surface area contributed by atoms with Crippen molar-refractivity contribution in [3.8, 4) is 0 Å². The molecular formula is C6H10F3IO. The lowest BCUT2D eigenvalue weighted by molar-refractivity contribution is -0.133. The standard InChI is InChI=1S/C6H10F3IO/c7-6(8,9)4-5(10)2-1-3-11/h5,11H,1-4H2. The van der Waals surface area contributed by atoms with Crippen molar-refractivity contribution in [3.05, 3.63) is 0 Å². The molecule has 0 radical (unpaired) electrons. The van der Waals surface area contributed by atoms with Gasteiger partial charge in [-0.2, -0.15) is 13.2 Å². The van der Waals surface area contributed by atoms with Gasteiger partial charge in [0.1, 0.15) is 0 Å². The van der Waals surface area contributed by atoms with Gasteiger partial charge in [0.15, 0.2) is 0 Å². The van der Waals surface area contributed by atoms with Crippen LogP contribution in [0.25, 0.3) is 0 Å². The summed E-state index contributed by atoms with van der Waals surface area (Å²) in [4.78, 5) is 0. The number of aliphatic hydroxyl groups is 1. The van der Waals surface area contributed by atoms with E-state index in [1.807, 2.05) is 0 Å². The third-order valence-electron chi connectivity index (χ3n) is 1.13. The van der Waals surface area contributed by atoms with Gasteiger partial charge in [-0.1, -0.05) is 22.6 Å². The zero-order valence-electron chi connectivity index (χ0n) is 5.86. The number of aliphatic hydroxyl groups excluding tert-OH is 1. The maximum absolute atomic E-state index is 11.7. The maximum atomic E-state index is 11.7. The van der Waals surface area contributed by atoms with Crippen LogP contribution in [-0.4, -0.2) is 21.8 Å². The zero-order valence-corrected chi connectivity index (χ0v) is 8.02. The summed E-state index contributed by atoms with van der Waals surface area (Å²) in [5, 5.41) is 8.33. The van der Waals surface area contributed by atoms with E-state index in [0.29, 0.717) is 12.8 Å². The molecule has 0 aliphatic heterocycles. The summed E-state index contributed by atoms with van der Waals surface area (Å²) in [5.74, 6) is 0. The Hall–Kier alpha value is 0.480. The molecule has 0 amide bonds. The number of rotatable bonds is 4. The minimum atomic E-state index is -4.07. The Morgan fingerprint density at radius 2 is 1.91 bits per heavy atom. The van der Waals surface area contributed by atoms with E-state index in [9.17, 15) is 13.2 Å². The second-order valence-corrected chi connectivity index (χ2v) is 4.04. The third kappa shape index (κ3) is 8.39. The molecule has 11 heavy (non-hydrogen) atoms. The number of hydrogen-bond acceptors (Lipinski definition) is 1. The quantitative estimate of drug-likeness (QED) is 0.620. The number of halogens is 4. The molecule has 0 aliphatic carbocycles. The highest BCUT2D eigenvalue weighted by Gasteiger charge is 2.30. The summed E-state index contributed by atoms with van der Waals surface area (Å²) >= 11 is 1.76. The van der Waals surface area contributed by atoms with Gasteiger partial charge in [0.05, 0.1) is 6.42 Å². The van der Waals surface area contributed by atoms with E-state index in [4.69, 9.17) is 5.11 Å². The Bertz CT molecular complexity index is 104. The zero-order chi connectivity index (χ0) is 8.91. The van der Waals surface area contributed by atoms with Crippen LogP contribution in [-0.2, 0) is 0 Å². The number of alkyl halides is 4. The Morgan fingerprint density at radius 3 is 2.27 bits per heavy atom. The van der Waals surface area contributed by atoms with Crippen LogP contribution in [0.2, 0.25) is 0 Å². The van der Waals surface area contributed by atoms with Crippen molar-refractivity contribution in [1.82, 2.24) is 0 Å². The van der Waals surface area contributed by atoms with Gasteiger partial charge >= 0.3 is 6.18 Å². The molecule has 1 N–H and O–H groups in total. The van der Waals surface area contributed by atoms with Gasteiger partial charge in [0.25, 0.3) is 0 Å². The fourth-order valence-corrected chi connectivity index (χ4v) is 1.61. The van der Waals surface area contributed by atoms with E-state index < -0.39 is 16.5 Å². The summed E-state index contributed by atoms with van der Waals surface area (Å²) in [6, 6.07) is 0. The minimum Gasteiger partial charge on any atom is -0.396 e.